The maximum Gasteiger partial charge on any atom is 0.119 e. The minimum Gasteiger partial charge on any atom is -0.494 e. The van der Waals surface area contributed by atoms with Gasteiger partial charge in [0, 0.05) is 5.41 Å². The first-order chi connectivity index (χ1) is 47.8. The Morgan fingerprint density at radius 1 is 0.273 bits per heavy atom. The first-order valence-corrected chi connectivity index (χ1v) is 35.6. The summed E-state index contributed by atoms with van der Waals surface area (Å²) in [5.41, 5.74) is 35.6. The molecule has 0 atom stereocenters. The van der Waals surface area contributed by atoms with Gasteiger partial charge in [-0.25, -0.2) is 0 Å². The highest BCUT2D eigenvalue weighted by molar-refractivity contribution is 5.95. The van der Waals surface area contributed by atoms with E-state index >= 15 is 0 Å². The molecular weight excluding hydrogens is 1190 g/mol. The minimum absolute atomic E-state index is 0.151. The molecule has 0 N–H and O–H groups in total. The van der Waals surface area contributed by atoms with Crippen LogP contribution in [0.1, 0.15) is 155 Å². The highest BCUT2D eigenvalue weighted by atomic mass is 16.5. The lowest BCUT2D eigenvalue weighted by atomic mass is 9.67. The number of hydrogen-bond acceptors (Lipinski definition) is 1. The predicted octanol–water partition coefficient (Wildman–Crippen LogP) is 25.8. The van der Waals surface area contributed by atoms with E-state index in [4.69, 9.17) is 4.74 Å². The molecule has 0 saturated heterocycles. The number of fused-ring (bicyclic) bond motifs is 16. The van der Waals surface area contributed by atoms with Crippen molar-refractivity contribution in [3.05, 3.63) is 410 Å². The van der Waals surface area contributed by atoms with Gasteiger partial charge in [-0.3, -0.25) is 0 Å². The number of benzene rings is 13. The van der Waals surface area contributed by atoms with E-state index in [0.29, 0.717) is 0 Å². The number of aryl methyl sites for hydroxylation is 7. The molecular formula is C98H96O. The number of unbranched alkanes of at least 4 members (excludes halogenated alkanes) is 1. The molecule has 0 radical (unpaired) electrons. The van der Waals surface area contributed by atoms with Gasteiger partial charge in [0.05, 0.1) is 17.4 Å². The molecule has 0 bridgehead atoms. The van der Waals surface area contributed by atoms with Crippen molar-refractivity contribution < 1.29 is 4.74 Å². The quantitative estimate of drug-likeness (QED) is 0.151. The highest BCUT2D eigenvalue weighted by Gasteiger charge is 2.51. The Hall–Kier alpha value is -10.3. The SMILES string of the molecule is CCCCOc1ccc(C)cc1.Cc1ccc(C(C)(C)C)cc1.Cc1ccc(C)cc1.Cc1ccc2c(c1)C(C)(C)c1ccccc1-2.Cc1ccc2c(c1)C(c1ccccc1)(c1ccccc1)c1ccccc1-2.Cc1ccc2c(c1)C1(c3ccccc3-c3ccccc31)c1ccccc1-2. The maximum atomic E-state index is 5.50. The third kappa shape index (κ3) is 13.7. The van der Waals surface area contributed by atoms with Crippen LogP contribution in [0, 0.1) is 48.5 Å². The van der Waals surface area contributed by atoms with Crippen LogP contribution in [0.15, 0.2) is 309 Å². The number of rotatable bonds is 6. The Kier molecular flexibility index (Phi) is 20.4. The average Bonchev–Trinajstić information content (AvgIpc) is 1.51. The van der Waals surface area contributed by atoms with Crippen molar-refractivity contribution in [1.29, 1.82) is 0 Å². The van der Waals surface area contributed by atoms with Gasteiger partial charge in [0.25, 0.3) is 0 Å². The molecule has 13 aromatic carbocycles. The topological polar surface area (TPSA) is 9.23 Å². The van der Waals surface area contributed by atoms with E-state index in [2.05, 4.69) is 387 Å². The van der Waals surface area contributed by atoms with Gasteiger partial charge in [-0.1, -0.05) is 384 Å². The second-order valence-corrected chi connectivity index (χ2v) is 29.0. The van der Waals surface area contributed by atoms with Crippen molar-refractivity contribution >= 4 is 0 Å². The molecule has 0 aliphatic heterocycles. The maximum absolute atomic E-state index is 5.50. The molecule has 4 aliphatic rings. The Morgan fingerprint density at radius 3 is 0.939 bits per heavy atom. The zero-order valence-electron chi connectivity index (χ0n) is 60.5. The predicted molar refractivity (Wildman–Crippen MR) is 422 cm³/mol. The fourth-order valence-electron chi connectivity index (χ4n) is 15.2. The van der Waals surface area contributed by atoms with E-state index in [0.717, 1.165) is 18.8 Å². The molecule has 494 valence electrons. The fraction of sp³-hybridized carbons (Fsp3) is 0.204. The van der Waals surface area contributed by atoms with Gasteiger partial charge >= 0.3 is 0 Å². The van der Waals surface area contributed by atoms with E-state index in [1.165, 1.54) is 151 Å². The van der Waals surface area contributed by atoms with Gasteiger partial charge in [0.15, 0.2) is 0 Å². The van der Waals surface area contributed by atoms with Gasteiger partial charge in [0.2, 0.25) is 0 Å². The number of ether oxygens (including phenoxy) is 1. The van der Waals surface area contributed by atoms with Gasteiger partial charge in [-0.05, 0) is 178 Å². The normalized spacial score (nSPS) is 13.3. The molecule has 0 unspecified atom stereocenters. The van der Waals surface area contributed by atoms with E-state index in [1.54, 1.807) is 0 Å². The molecule has 17 rings (SSSR count). The van der Waals surface area contributed by atoms with Crippen molar-refractivity contribution in [3.8, 4) is 50.3 Å². The highest BCUT2D eigenvalue weighted by Crippen LogP contribution is 2.63. The molecule has 1 heteroatoms. The first-order valence-electron chi connectivity index (χ1n) is 35.6. The minimum atomic E-state index is -0.263. The Morgan fingerprint density at radius 2 is 0.556 bits per heavy atom. The van der Waals surface area contributed by atoms with Gasteiger partial charge in [0.1, 0.15) is 5.75 Å². The summed E-state index contributed by atoms with van der Waals surface area (Å²) < 4.78 is 5.50. The van der Waals surface area contributed by atoms with Gasteiger partial charge in [-0.15, -0.1) is 0 Å². The summed E-state index contributed by atoms with van der Waals surface area (Å²) in [5, 5.41) is 0. The van der Waals surface area contributed by atoms with E-state index in [9.17, 15) is 0 Å². The lowest BCUT2D eigenvalue weighted by Gasteiger charge is -2.34. The summed E-state index contributed by atoms with van der Waals surface area (Å²) in [6.07, 6.45) is 2.32. The molecule has 13 aromatic rings. The van der Waals surface area contributed by atoms with Crippen LogP contribution >= 0.6 is 0 Å². The standard InChI is InChI=1S/C26H18.C26H20.C16H16.C11H16O.C11H16.C8H10/c1-17-14-15-21-20-10-4-7-13-24(20)26(25(21)16-17)22-11-5-2-8-18(22)19-9-3-6-12-23(19)26;1-19-16-17-23-22-14-8-9-15-24(22)26(25(23)18-19,20-10-4-2-5-11-20)21-12-6-3-7-13-21;1-11-8-9-13-12-6-4-5-7-14(12)16(2,3)15(13)10-11;1-3-4-9-12-11-7-5-10(2)6-8-11;1-9-5-7-10(8-6-9)11(2,3)4;1-7-3-5-8(2)6-4-7/h2-16H,1H3;2-18H,1H3;4-10H,1-3H3;5-8H,3-4,9H2,1-2H3;5-8H,1-4H3;3-6H,1-2H3. The molecule has 0 heterocycles. The third-order valence-electron chi connectivity index (χ3n) is 20.4. The summed E-state index contributed by atoms with van der Waals surface area (Å²) in [6.45, 7) is 29.3. The zero-order valence-corrected chi connectivity index (χ0v) is 60.5. The number of hydrogen-bond donors (Lipinski definition) is 0. The van der Waals surface area contributed by atoms with Crippen LogP contribution < -0.4 is 4.74 Å². The molecule has 99 heavy (non-hydrogen) atoms. The van der Waals surface area contributed by atoms with Crippen molar-refractivity contribution in [1.82, 2.24) is 0 Å². The van der Waals surface area contributed by atoms with Crippen LogP contribution in [0.4, 0.5) is 0 Å². The molecule has 0 amide bonds. The van der Waals surface area contributed by atoms with Crippen LogP contribution in [0.5, 0.6) is 5.75 Å². The third-order valence-corrected chi connectivity index (χ3v) is 20.4. The summed E-state index contributed by atoms with van der Waals surface area (Å²) in [4.78, 5) is 0. The van der Waals surface area contributed by atoms with Crippen LogP contribution in [-0.2, 0) is 21.7 Å². The summed E-state index contributed by atoms with van der Waals surface area (Å²) >= 11 is 0. The largest absolute Gasteiger partial charge is 0.494 e. The van der Waals surface area contributed by atoms with E-state index < -0.39 is 0 Å². The van der Waals surface area contributed by atoms with Crippen LogP contribution in [0.2, 0.25) is 0 Å². The van der Waals surface area contributed by atoms with Crippen LogP contribution in [0.25, 0.3) is 44.5 Å². The molecule has 0 fully saturated rings. The smallest absolute Gasteiger partial charge is 0.119 e. The van der Waals surface area contributed by atoms with Gasteiger partial charge in [-0.2, -0.15) is 0 Å². The Labute approximate surface area is 592 Å². The Balaban J connectivity index is 0.000000119. The average molecular weight is 1290 g/mol. The van der Waals surface area contributed by atoms with Crippen molar-refractivity contribution in [2.24, 2.45) is 0 Å². The fourth-order valence-corrected chi connectivity index (χ4v) is 15.2. The summed E-state index contributed by atoms with van der Waals surface area (Å²) in [6, 6.07) is 112. The summed E-state index contributed by atoms with van der Waals surface area (Å²) in [5.74, 6) is 0.981. The lowest BCUT2D eigenvalue weighted by Crippen LogP contribution is -2.28. The van der Waals surface area contributed by atoms with E-state index in [1.807, 2.05) is 12.1 Å². The lowest BCUT2D eigenvalue weighted by molar-refractivity contribution is 0.309. The molecule has 0 aromatic heterocycles. The second-order valence-electron chi connectivity index (χ2n) is 29.0. The zero-order chi connectivity index (χ0) is 69.5. The van der Waals surface area contributed by atoms with Crippen molar-refractivity contribution in [2.75, 3.05) is 6.61 Å². The van der Waals surface area contributed by atoms with Crippen LogP contribution in [-0.4, -0.2) is 6.61 Å². The Bertz CT molecular complexity index is 4680. The van der Waals surface area contributed by atoms with Crippen molar-refractivity contribution in [3.63, 3.8) is 0 Å². The molecule has 1 nitrogen and oxygen atoms in total. The van der Waals surface area contributed by atoms with Crippen molar-refractivity contribution in [2.45, 2.75) is 125 Å². The molecule has 1 spiro atoms. The molecule has 4 aliphatic carbocycles. The first kappa shape index (κ1) is 68.6. The van der Waals surface area contributed by atoms with Crippen LogP contribution in [0.3, 0.4) is 0 Å². The monoisotopic (exact) mass is 1290 g/mol. The van der Waals surface area contributed by atoms with Gasteiger partial charge < -0.3 is 4.74 Å². The molecule has 0 saturated carbocycles. The van der Waals surface area contributed by atoms with E-state index in [-0.39, 0.29) is 21.7 Å². The second kappa shape index (κ2) is 29.4. The summed E-state index contributed by atoms with van der Waals surface area (Å²) in [7, 11) is 0.